The lowest BCUT2D eigenvalue weighted by atomic mass is 10.1. The van der Waals surface area contributed by atoms with Crippen LogP contribution in [0.1, 0.15) is 36.8 Å². The molecule has 0 aliphatic carbocycles. The third kappa shape index (κ3) is 7.47. The van der Waals surface area contributed by atoms with E-state index in [2.05, 4.69) is 61.8 Å². The molecule has 0 atom stereocenters. The Labute approximate surface area is 186 Å². The van der Waals surface area contributed by atoms with E-state index < -0.39 is 0 Å². The van der Waals surface area contributed by atoms with Gasteiger partial charge in [-0.1, -0.05) is 37.1 Å². The minimum absolute atomic E-state index is 0. The van der Waals surface area contributed by atoms with Crippen LogP contribution in [0.15, 0.2) is 53.8 Å². The molecule has 3 rings (SSSR count). The highest BCUT2D eigenvalue weighted by molar-refractivity contribution is 14.0. The number of nitrogens with one attached hydrogen (secondary N) is 2. The Bertz CT molecular complexity index is 691. The van der Waals surface area contributed by atoms with E-state index in [0.29, 0.717) is 0 Å². The summed E-state index contributed by atoms with van der Waals surface area (Å²) in [6.07, 6.45) is 9.58. The van der Waals surface area contributed by atoms with Crippen LogP contribution in [-0.2, 0) is 19.6 Å². The SMILES string of the molecule is CN=C(NCCn1cccc1)NCc1ccccc1CN1CCCCCC1.I. The van der Waals surface area contributed by atoms with Gasteiger partial charge in [-0.3, -0.25) is 9.89 Å². The maximum Gasteiger partial charge on any atom is 0.191 e. The summed E-state index contributed by atoms with van der Waals surface area (Å²) in [6.45, 7) is 6.09. The van der Waals surface area contributed by atoms with Crippen molar-refractivity contribution < 1.29 is 0 Å². The molecule has 6 heteroatoms. The molecule has 1 aromatic heterocycles. The molecule has 0 spiro atoms. The van der Waals surface area contributed by atoms with Crippen LogP contribution in [0.3, 0.4) is 0 Å². The Morgan fingerprint density at radius 1 is 0.929 bits per heavy atom. The first-order valence-corrected chi connectivity index (χ1v) is 10.2. The van der Waals surface area contributed by atoms with Gasteiger partial charge in [-0.25, -0.2) is 0 Å². The van der Waals surface area contributed by atoms with Crippen LogP contribution in [0, 0.1) is 0 Å². The molecule has 0 unspecified atom stereocenters. The molecule has 1 aromatic carbocycles. The summed E-state index contributed by atoms with van der Waals surface area (Å²) >= 11 is 0. The summed E-state index contributed by atoms with van der Waals surface area (Å²) in [5.41, 5.74) is 2.78. The van der Waals surface area contributed by atoms with Crippen LogP contribution in [-0.4, -0.2) is 42.1 Å². The number of guanidine groups is 1. The van der Waals surface area contributed by atoms with Crippen molar-refractivity contribution in [3.05, 3.63) is 59.9 Å². The van der Waals surface area contributed by atoms with E-state index in [1.54, 1.807) is 0 Å². The number of benzene rings is 1. The number of hydrogen-bond acceptors (Lipinski definition) is 2. The van der Waals surface area contributed by atoms with Gasteiger partial charge in [0, 0.05) is 45.6 Å². The highest BCUT2D eigenvalue weighted by Gasteiger charge is 2.11. The van der Waals surface area contributed by atoms with Crippen LogP contribution in [0.4, 0.5) is 0 Å². The first-order valence-electron chi connectivity index (χ1n) is 10.2. The first-order chi connectivity index (χ1) is 13.3. The lowest BCUT2D eigenvalue weighted by Crippen LogP contribution is -2.38. The zero-order valence-electron chi connectivity index (χ0n) is 16.9. The topological polar surface area (TPSA) is 44.6 Å². The third-order valence-electron chi connectivity index (χ3n) is 5.21. The van der Waals surface area contributed by atoms with E-state index in [9.17, 15) is 0 Å². The van der Waals surface area contributed by atoms with Crippen molar-refractivity contribution in [3.63, 3.8) is 0 Å². The van der Waals surface area contributed by atoms with E-state index >= 15 is 0 Å². The van der Waals surface area contributed by atoms with Crippen molar-refractivity contribution in [2.45, 2.75) is 45.3 Å². The van der Waals surface area contributed by atoms with Crippen molar-refractivity contribution in [2.24, 2.45) is 4.99 Å². The van der Waals surface area contributed by atoms with Gasteiger partial charge < -0.3 is 15.2 Å². The second-order valence-electron chi connectivity index (χ2n) is 7.23. The molecule has 5 nitrogen and oxygen atoms in total. The molecule has 0 amide bonds. The second kappa shape index (κ2) is 12.8. The maximum atomic E-state index is 4.35. The summed E-state index contributed by atoms with van der Waals surface area (Å²) in [5.74, 6) is 0.853. The Hall–Kier alpha value is -1.54. The normalized spacial score (nSPS) is 15.5. The van der Waals surface area contributed by atoms with Gasteiger partial charge in [-0.15, -0.1) is 24.0 Å². The van der Waals surface area contributed by atoms with E-state index in [1.165, 1.54) is 49.9 Å². The quantitative estimate of drug-likeness (QED) is 0.349. The molecular formula is C22H34IN5. The van der Waals surface area contributed by atoms with Crippen molar-refractivity contribution in [1.82, 2.24) is 20.1 Å². The third-order valence-corrected chi connectivity index (χ3v) is 5.21. The molecular weight excluding hydrogens is 461 g/mol. The molecule has 1 aliphatic rings. The average molecular weight is 495 g/mol. The van der Waals surface area contributed by atoms with Crippen molar-refractivity contribution in [3.8, 4) is 0 Å². The summed E-state index contributed by atoms with van der Waals surface area (Å²) < 4.78 is 2.16. The van der Waals surface area contributed by atoms with E-state index in [-0.39, 0.29) is 24.0 Å². The average Bonchev–Trinajstić information content (AvgIpc) is 3.08. The highest BCUT2D eigenvalue weighted by Crippen LogP contribution is 2.16. The largest absolute Gasteiger partial charge is 0.355 e. The van der Waals surface area contributed by atoms with Crippen LogP contribution < -0.4 is 10.6 Å². The molecule has 0 saturated carbocycles. The summed E-state index contributed by atoms with van der Waals surface area (Å²) in [6, 6.07) is 12.9. The molecule has 2 aromatic rings. The Morgan fingerprint density at radius 2 is 1.61 bits per heavy atom. The Kier molecular flexibility index (Phi) is 10.4. The minimum atomic E-state index is 0. The van der Waals surface area contributed by atoms with Gasteiger partial charge in [0.1, 0.15) is 0 Å². The molecule has 2 N–H and O–H groups in total. The van der Waals surface area contributed by atoms with E-state index in [0.717, 1.165) is 32.1 Å². The van der Waals surface area contributed by atoms with Gasteiger partial charge >= 0.3 is 0 Å². The number of halogens is 1. The van der Waals surface area contributed by atoms with Crippen LogP contribution in [0.2, 0.25) is 0 Å². The lowest BCUT2D eigenvalue weighted by Gasteiger charge is -2.22. The van der Waals surface area contributed by atoms with E-state index in [4.69, 9.17) is 0 Å². The van der Waals surface area contributed by atoms with Crippen LogP contribution >= 0.6 is 24.0 Å². The maximum absolute atomic E-state index is 4.35. The first kappa shape index (κ1) is 22.7. The van der Waals surface area contributed by atoms with Gasteiger partial charge in [-0.2, -0.15) is 0 Å². The summed E-state index contributed by atoms with van der Waals surface area (Å²) in [7, 11) is 1.83. The fraction of sp³-hybridized carbons (Fsp3) is 0.500. The van der Waals surface area contributed by atoms with Gasteiger partial charge in [0.15, 0.2) is 5.96 Å². The van der Waals surface area contributed by atoms with Gasteiger partial charge in [-0.05, 0) is 49.2 Å². The number of aromatic nitrogens is 1. The fourth-order valence-corrected chi connectivity index (χ4v) is 3.64. The number of aliphatic imine (C=N–C) groups is 1. The van der Waals surface area contributed by atoms with Crippen molar-refractivity contribution in [1.29, 1.82) is 0 Å². The highest BCUT2D eigenvalue weighted by atomic mass is 127. The van der Waals surface area contributed by atoms with Crippen molar-refractivity contribution in [2.75, 3.05) is 26.7 Å². The van der Waals surface area contributed by atoms with Gasteiger partial charge in [0.05, 0.1) is 0 Å². The Balaban J connectivity index is 0.00000280. The number of rotatable bonds is 7. The molecule has 0 radical (unpaired) electrons. The minimum Gasteiger partial charge on any atom is -0.355 e. The van der Waals surface area contributed by atoms with Gasteiger partial charge in [0.2, 0.25) is 0 Å². The standard InChI is InChI=1S/C22H33N5.HI/c1-23-22(24-12-17-26-13-8-9-14-26)25-18-20-10-4-5-11-21(20)19-27-15-6-2-3-7-16-27;/h4-5,8-11,13-14H,2-3,6-7,12,15-19H2,1H3,(H2,23,24,25);1H. The molecule has 2 heterocycles. The van der Waals surface area contributed by atoms with E-state index in [1.807, 2.05) is 19.2 Å². The molecule has 154 valence electrons. The number of likely N-dealkylation sites (tertiary alicyclic amines) is 1. The predicted octanol–water partition coefficient (Wildman–Crippen LogP) is 3.85. The molecule has 1 saturated heterocycles. The van der Waals surface area contributed by atoms with Gasteiger partial charge in [0.25, 0.3) is 0 Å². The smallest absolute Gasteiger partial charge is 0.191 e. The molecule has 0 bridgehead atoms. The number of nitrogens with zero attached hydrogens (tertiary/aromatic N) is 3. The zero-order chi connectivity index (χ0) is 18.7. The monoisotopic (exact) mass is 495 g/mol. The van der Waals surface area contributed by atoms with Crippen molar-refractivity contribution >= 4 is 29.9 Å². The predicted molar refractivity (Wildman–Crippen MR) is 128 cm³/mol. The molecule has 1 fully saturated rings. The van der Waals surface area contributed by atoms with Crippen LogP contribution in [0.25, 0.3) is 0 Å². The lowest BCUT2D eigenvalue weighted by molar-refractivity contribution is 0.276. The number of hydrogen-bond donors (Lipinski definition) is 2. The molecule has 1 aliphatic heterocycles. The summed E-state index contributed by atoms with van der Waals surface area (Å²) in [4.78, 5) is 6.96. The molecule has 28 heavy (non-hydrogen) atoms. The zero-order valence-corrected chi connectivity index (χ0v) is 19.3. The summed E-state index contributed by atoms with van der Waals surface area (Å²) in [5, 5.41) is 6.86. The second-order valence-corrected chi connectivity index (χ2v) is 7.23. The van der Waals surface area contributed by atoms with Crippen LogP contribution in [0.5, 0.6) is 0 Å². The Morgan fingerprint density at radius 3 is 2.29 bits per heavy atom. The fourth-order valence-electron chi connectivity index (χ4n) is 3.64.